The molecular formula is C6H11Br2N. The number of alkyl halides is 2. The van der Waals surface area contributed by atoms with Crippen LogP contribution in [0.4, 0.5) is 0 Å². The summed E-state index contributed by atoms with van der Waals surface area (Å²) in [5.74, 6) is 0. The fraction of sp³-hybridized carbons (Fsp3) is 1.00. The van der Waals surface area contributed by atoms with Gasteiger partial charge in [0.25, 0.3) is 0 Å². The molecule has 0 aromatic heterocycles. The van der Waals surface area contributed by atoms with Gasteiger partial charge in [-0.2, -0.15) is 0 Å². The number of hydrogen-bond acceptors (Lipinski definition) is 1. The predicted octanol–water partition coefficient (Wildman–Crippen LogP) is 2.20. The average molecular weight is 257 g/mol. The van der Waals surface area contributed by atoms with E-state index in [0.29, 0.717) is 0 Å². The fourth-order valence-electron chi connectivity index (χ4n) is 1.23. The highest BCUT2D eigenvalue weighted by Gasteiger charge is 2.21. The molecule has 0 saturated carbocycles. The third-order valence-corrected chi connectivity index (χ3v) is 3.22. The quantitative estimate of drug-likeness (QED) is 0.541. The van der Waals surface area contributed by atoms with Crippen molar-refractivity contribution in [3.63, 3.8) is 0 Å². The molecular weight excluding hydrogens is 246 g/mol. The molecule has 0 aliphatic carbocycles. The Morgan fingerprint density at radius 2 is 2.22 bits per heavy atom. The normalized spacial score (nSPS) is 29.3. The van der Waals surface area contributed by atoms with Crippen LogP contribution in [-0.2, 0) is 0 Å². The number of likely N-dealkylation sites (tertiary alicyclic amines) is 1. The summed E-state index contributed by atoms with van der Waals surface area (Å²) in [7, 11) is 0. The molecule has 3 heteroatoms. The lowest BCUT2D eigenvalue weighted by molar-refractivity contribution is 0.325. The van der Waals surface area contributed by atoms with E-state index in [9.17, 15) is 0 Å². The van der Waals surface area contributed by atoms with E-state index in [1.54, 1.807) is 0 Å². The van der Waals surface area contributed by atoms with Gasteiger partial charge >= 0.3 is 0 Å². The second kappa shape index (κ2) is 3.94. The van der Waals surface area contributed by atoms with Crippen LogP contribution >= 0.6 is 31.9 Å². The minimum atomic E-state index is 0.782. The van der Waals surface area contributed by atoms with Crippen LogP contribution in [0.2, 0.25) is 0 Å². The van der Waals surface area contributed by atoms with Gasteiger partial charge in [0.05, 0.1) is 5.45 Å². The molecule has 54 valence electrons. The molecule has 0 N–H and O–H groups in total. The van der Waals surface area contributed by atoms with Gasteiger partial charge in [-0.3, -0.25) is 4.90 Å². The molecule has 1 atom stereocenters. The van der Waals surface area contributed by atoms with Crippen LogP contribution in [-0.4, -0.2) is 28.3 Å². The minimum absolute atomic E-state index is 0.782. The fourth-order valence-corrected chi connectivity index (χ4v) is 2.62. The average Bonchev–Trinajstić information content (AvgIpc) is 2.33. The molecule has 1 aliphatic rings. The Morgan fingerprint density at radius 1 is 1.44 bits per heavy atom. The van der Waals surface area contributed by atoms with E-state index in [1.165, 1.54) is 19.4 Å². The van der Waals surface area contributed by atoms with E-state index >= 15 is 0 Å². The summed E-state index contributed by atoms with van der Waals surface area (Å²) >= 11 is 6.96. The molecule has 0 radical (unpaired) electrons. The Kier molecular flexibility index (Phi) is 3.51. The van der Waals surface area contributed by atoms with Gasteiger partial charge in [0.15, 0.2) is 0 Å². The molecule has 1 nitrogen and oxygen atoms in total. The van der Waals surface area contributed by atoms with Crippen LogP contribution < -0.4 is 0 Å². The molecule has 1 aliphatic heterocycles. The van der Waals surface area contributed by atoms with Crippen LogP contribution in [0.15, 0.2) is 0 Å². The van der Waals surface area contributed by atoms with E-state index in [4.69, 9.17) is 0 Å². The van der Waals surface area contributed by atoms with Crippen LogP contribution in [0.3, 0.4) is 0 Å². The summed E-state index contributed by atoms with van der Waals surface area (Å²) in [6, 6.07) is 0.782. The molecule has 0 aromatic carbocycles. The first-order valence-electron chi connectivity index (χ1n) is 3.24. The third kappa shape index (κ3) is 1.92. The van der Waals surface area contributed by atoms with Crippen LogP contribution in [0, 0.1) is 0 Å². The topological polar surface area (TPSA) is 3.24 Å². The third-order valence-electron chi connectivity index (χ3n) is 1.83. The molecule has 0 spiro atoms. The van der Waals surface area contributed by atoms with E-state index in [-0.39, 0.29) is 0 Å². The Balaban J connectivity index is 2.32. The zero-order valence-corrected chi connectivity index (χ0v) is 8.49. The van der Waals surface area contributed by atoms with Gasteiger partial charge in [0.2, 0.25) is 0 Å². The van der Waals surface area contributed by atoms with Crippen LogP contribution in [0.1, 0.15) is 12.8 Å². The van der Waals surface area contributed by atoms with Gasteiger partial charge in [-0.25, -0.2) is 0 Å². The number of rotatable bonds is 2. The molecule has 1 fully saturated rings. The van der Waals surface area contributed by atoms with Crippen molar-refractivity contribution in [3.8, 4) is 0 Å². The lowest BCUT2D eigenvalue weighted by Crippen LogP contribution is -2.28. The molecule has 0 bridgehead atoms. The molecule has 0 aromatic rings. The molecule has 0 amide bonds. The predicted molar refractivity (Wildman–Crippen MR) is 47.3 cm³/mol. The van der Waals surface area contributed by atoms with Gasteiger partial charge in [-0.1, -0.05) is 31.9 Å². The second-order valence-electron chi connectivity index (χ2n) is 2.38. The van der Waals surface area contributed by atoms with Crippen molar-refractivity contribution in [1.82, 2.24) is 4.90 Å². The Labute approximate surface area is 73.1 Å². The zero-order chi connectivity index (χ0) is 6.69. The number of nitrogens with zero attached hydrogens (tertiary/aromatic N) is 1. The summed E-state index contributed by atoms with van der Waals surface area (Å²) in [6.45, 7) is 1.27. The van der Waals surface area contributed by atoms with Gasteiger partial charge in [0.1, 0.15) is 0 Å². The van der Waals surface area contributed by atoms with E-state index in [0.717, 1.165) is 16.8 Å². The van der Waals surface area contributed by atoms with Gasteiger partial charge < -0.3 is 0 Å². The summed E-state index contributed by atoms with van der Waals surface area (Å²) in [4.78, 5) is 2.45. The van der Waals surface area contributed by atoms with Gasteiger partial charge in [0, 0.05) is 11.4 Å². The summed E-state index contributed by atoms with van der Waals surface area (Å²) in [5, 5.41) is 1.12. The molecule has 1 unspecified atom stereocenters. The van der Waals surface area contributed by atoms with E-state index in [1.807, 2.05) is 0 Å². The highest BCUT2D eigenvalue weighted by atomic mass is 79.9. The Bertz CT molecular complexity index is 77.1. The van der Waals surface area contributed by atoms with Gasteiger partial charge in [-0.05, 0) is 19.4 Å². The molecule has 1 rings (SSSR count). The first kappa shape index (κ1) is 8.02. The maximum absolute atomic E-state index is 3.49. The molecule has 9 heavy (non-hydrogen) atoms. The lowest BCUT2D eigenvalue weighted by atomic mass is 10.2. The van der Waals surface area contributed by atoms with Crippen molar-refractivity contribution in [2.75, 3.05) is 17.3 Å². The van der Waals surface area contributed by atoms with E-state index in [2.05, 4.69) is 36.8 Å². The van der Waals surface area contributed by atoms with Gasteiger partial charge in [-0.15, -0.1) is 0 Å². The van der Waals surface area contributed by atoms with Crippen molar-refractivity contribution in [3.05, 3.63) is 0 Å². The number of hydrogen-bond donors (Lipinski definition) is 0. The standard InChI is InChI=1S/C6H11Br2N/c7-4-6-2-1-3-9(6)5-8/h6H,1-5H2. The van der Waals surface area contributed by atoms with Crippen LogP contribution in [0.5, 0.6) is 0 Å². The minimum Gasteiger partial charge on any atom is -0.290 e. The van der Waals surface area contributed by atoms with Crippen molar-refractivity contribution in [2.24, 2.45) is 0 Å². The summed E-state index contributed by atoms with van der Waals surface area (Å²) in [6.07, 6.45) is 2.72. The van der Waals surface area contributed by atoms with Crippen molar-refractivity contribution in [2.45, 2.75) is 18.9 Å². The van der Waals surface area contributed by atoms with E-state index < -0.39 is 0 Å². The monoisotopic (exact) mass is 255 g/mol. The summed E-state index contributed by atoms with van der Waals surface area (Å²) < 4.78 is 0. The summed E-state index contributed by atoms with van der Waals surface area (Å²) in [5.41, 5.74) is 1.03. The Hall–Kier alpha value is 0.920. The first-order chi connectivity index (χ1) is 4.38. The Morgan fingerprint density at radius 3 is 2.67 bits per heavy atom. The van der Waals surface area contributed by atoms with Crippen molar-refractivity contribution < 1.29 is 0 Å². The maximum atomic E-state index is 3.49. The highest BCUT2D eigenvalue weighted by molar-refractivity contribution is 9.09. The SMILES string of the molecule is BrCC1CCCN1CBr. The first-order valence-corrected chi connectivity index (χ1v) is 5.48. The second-order valence-corrected chi connectivity index (χ2v) is 3.53. The lowest BCUT2D eigenvalue weighted by Gasteiger charge is -2.18. The highest BCUT2D eigenvalue weighted by Crippen LogP contribution is 2.19. The number of halogens is 2. The van der Waals surface area contributed by atoms with Crippen LogP contribution in [0.25, 0.3) is 0 Å². The smallest absolute Gasteiger partial charge is 0.0545 e. The zero-order valence-electron chi connectivity index (χ0n) is 5.32. The molecule has 1 heterocycles. The largest absolute Gasteiger partial charge is 0.290 e. The van der Waals surface area contributed by atoms with Crippen molar-refractivity contribution >= 4 is 31.9 Å². The maximum Gasteiger partial charge on any atom is 0.0545 e. The van der Waals surface area contributed by atoms with Crippen molar-refractivity contribution in [1.29, 1.82) is 0 Å². The molecule has 1 saturated heterocycles.